The molecule has 21 heavy (non-hydrogen) atoms. The van der Waals surface area contributed by atoms with E-state index in [4.69, 9.17) is 0 Å². The van der Waals surface area contributed by atoms with E-state index in [2.05, 4.69) is 14.7 Å². The Morgan fingerprint density at radius 2 is 1.95 bits per heavy atom. The van der Waals surface area contributed by atoms with E-state index in [0.717, 1.165) is 22.3 Å². The van der Waals surface area contributed by atoms with Gasteiger partial charge in [0.2, 0.25) is 10.0 Å². The summed E-state index contributed by atoms with van der Waals surface area (Å²) in [5.41, 5.74) is 2.55. The second-order valence-corrected chi connectivity index (χ2v) is 6.64. The highest BCUT2D eigenvalue weighted by atomic mass is 32.2. The highest BCUT2D eigenvalue weighted by Gasteiger charge is 2.13. The number of H-pyrrole nitrogens is 1. The molecule has 0 unspecified atom stereocenters. The molecule has 0 aliphatic heterocycles. The SMILES string of the molecule is Cc1ccc(S(=O)(=O)NCc2cc3cccnc3[nH]2)cc1. The average molecular weight is 301 g/mol. The minimum Gasteiger partial charge on any atom is -0.342 e. The molecule has 0 aliphatic rings. The van der Waals surface area contributed by atoms with Crippen molar-refractivity contribution >= 4 is 21.1 Å². The number of aromatic amines is 1. The van der Waals surface area contributed by atoms with Crippen LogP contribution in [0.25, 0.3) is 11.0 Å². The van der Waals surface area contributed by atoms with Crippen molar-refractivity contribution < 1.29 is 8.42 Å². The Kier molecular flexibility index (Phi) is 3.48. The molecule has 0 bridgehead atoms. The number of aryl methyl sites for hydroxylation is 1. The summed E-state index contributed by atoms with van der Waals surface area (Å²) in [7, 11) is -3.50. The van der Waals surface area contributed by atoms with Crippen LogP contribution in [0, 0.1) is 6.92 Å². The van der Waals surface area contributed by atoms with Crippen LogP contribution in [0.4, 0.5) is 0 Å². The van der Waals surface area contributed by atoms with Gasteiger partial charge in [-0.15, -0.1) is 0 Å². The van der Waals surface area contributed by atoms with Gasteiger partial charge in [0.05, 0.1) is 11.4 Å². The number of aromatic nitrogens is 2. The third kappa shape index (κ3) is 2.96. The largest absolute Gasteiger partial charge is 0.342 e. The number of rotatable bonds is 4. The zero-order valence-electron chi connectivity index (χ0n) is 11.5. The van der Waals surface area contributed by atoms with Crippen molar-refractivity contribution in [3.05, 3.63) is 59.9 Å². The fraction of sp³-hybridized carbons (Fsp3) is 0.133. The molecule has 108 valence electrons. The van der Waals surface area contributed by atoms with E-state index in [-0.39, 0.29) is 11.4 Å². The normalized spacial score (nSPS) is 11.9. The van der Waals surface area contributed by atoms with Crippen molar-refractivity contribution in [2.24, 2.45) is 0 Å². The number of hydrogen-bond donors (Lipinski definition) is 2. The van der Waals surface area contributed by atoms with Crippen molar-refractivity contribution in [2.75, 3.05) is 0 Å². The number of pyridine rings is 1. The smallest absolute Gasteiger partial charge is 0.240 e. The van der Waals surface area contributed by atoms with Crippen molar-refractivity contribution in [2.45, 2.75) is 18.4 Å². The fourth-order valence-electron chi connectivity index (χ4n) is 2.08. The molecule has 0 fully saturated rings. The Labute approximate surface area is 123 Å². The maximum Gasteiger partial charge on any atom is 0.240 e. The monoisotopic (exact) mass is 301 g/mol. The van der Waals surface area contributed by atoms with Crippen LogP contribution in [-0.2, 0) is 16.6 Å². The summed E-state index contributed by atoms with van der Waals surface area (Å²) in [5, 5.41) is 0.960. The van der Waals surface area contributed by atoms with Gasteiger partial charge in [0.15, 0.2) is 0 Å². The molecular weight excluding hydrogens is 286 g/mol. The lowest BCUT2D eigenvalue weighted by Crippen LogP contribution is -2.23. The van der Waals surface area contributed by atoms with Crippen LogP contribution in [0.2, 0.25) is 0 Å². The number of fused-ring (bicyclic) bond motifs is 1. The molecule has 0 amide bonds. The lowest BCUT2D eigenvalue weighted by atomic mass is 10.2. The molecule has 6 heteroatoms. The first kappa shape index (κ1) is 13.8. The van der Waals surface area contributed by atoms with Crippen molar-refractivity contribution in [1.82, 2.24) is 14.7 Å². The average Bonchev–Trinajstić information content (AvgIpc) is 2.89. The summed E-state index contributed by atoms with van der Waals surface area (Å²) in [6.07, 6.45) is 1.69. The maximum absolute atomic E-state index is 12.2. The van der Waals surface area contributed by atoms with E-state index in [1.807, 2.05) is 25.1 Å². The van der Waals surface area contributed by atoms with Gasteiger partial charge in [0.25, 0.3) is 0 Å². The number of nitrogens with one attached hydrogen (secondary N) is 2. The second kappa shape index (κ2) is 5.31. The standard InChI is InChI=1S/C15H15N3O2S/c1-11-4-6-14(7-5-11)21(19,20)17-10-13-9-12-3-2-8-16-15(12)18-13/h2-9,17H,10H2,1H3,(H,16,18). The van der Waals surface area contributed by atoms with Gasteiger partial charge in [-0.2, -0.15) is 0 Å². The van der Waals surface area contributed by atoms with Crippen LogP contribution in [0.15, 0.2) is 53.6 Å². The van der Waals surface area contributed by atoms with Crippen LogP contribution >= 0.6 is 0 Å². The van der Waals surface area contributed by atoms with Crippen LogP contribution in [-0.4, -0.2) is 18.4 Å². The van der Waals surface area contributed by atoms with E-state index < -0.39 is 10.0 Å². The third-order valence-corrected chi connectivity index (χ3v) is 4.65. The van der Waals surface area contributed by atoms with Gasteiger partial charge in [-0.05, 0) is 37.3 Å². The second-order valence-electron chi connectivity index (χ2n) is 4.87. The fourth-order valence-corrected chi connectivity index (χ4v) is 3.09. The molecule has 3 aromatic rings. The van der Waals surface area contributed by atoms with E-state index in [0.29, 0.717) is 0 Å². The minimum absolute atomic E-state index is 0.201. The quantitative estimate of drug-likeness (QED) is 0.776. The van der Waals surface area contributed by atoms with Gasteiger partial charge in [-0.3, -0.25) is 0 Å². The summed E-state index contributed by atoms with van der Waals surface area (Å²) in [6.45, 7) is 2.12. The lowest BCUT2D eigenvalue weighted by molar-refractivity contribution is 0.580. The molecule has 2 heterocycles. The van der Waals surface area contributed by atoms with Crippen molar-refractivity contribution in [3.8, 4) is 0 Å². The van der Waals surface area contributed by atoms with Crippen LogP contribution in [0.3, 0.4) is 0 Å². The Bertz CT molecular complexity index is 834. The highest BCUT2D eigenvalue weighted by Crippen LogP contribution is 2.14. The van der Waals surface area contributed by atoms with E-state index >= 15 is 0 Å². The third-order valence-electron chi connectivity index (χ3n) is 3.23. The molecule has 2 aromatic heterocycles. The van der Waals surface area contributed by atoms with E-state index in [1.54, 1.807) is 30.5 Å². The number of nitrogens with zero attached hydrogens (tertiary/aromatic N) is 1. The molecule has 3 rings (SSSR count). The first-order valence-corrected chi connectivity index (χ1v) is 8.02. The molecular formula is C15H15N3O2S. The molecule has 0 radical (unpaired) electrons. The summed E-state index contributed by atoms with van der Waals surface area (Å²) < 4.78 is 27.0. The van der Waals surface area contributed by atoms with Crippen molar-refractivity contribution in [1.29, 1.82) is 0 Å². The molecule has 5 nitrogen and oxygen atoms in total. The van der Waals surface area contributed by atoms with Gasteiger partial charge in [0.1, 0.15) is 5.65 Å². The summed E-state index contributed by atoms with van der Waals surface area (Å²) in [4.78, 5) is 7.54. The van der Waals surface area contributed by atoms with Crippen LogP contribution in [0.5, 0.6) is 0 Å². The van der Waals surface area contributed by atoms with Gasteiger partial charge >= 0.3 is 0 Å². The maximum atomic E-state index is 12.2. The molecule has 0 aliphatic carbocycles. The predicted molar refractivity (Wildman–Crippen MR) is 81.3 cm³/mol. The Balaban J connectivity index is 1.78. The molecule has 2 N–H and O–H groups in total. The Morgan fingerprint density at radius 3 is 2.67 bits per heavy atom. The Hall–Kier alpha value is -2.18. The van der Waals surface area contributed by atoms with E-state index in [1.165, 1.54) is 0 Å². The van der Waals surface area contributed by atoms with Gasteiger partial charge in [-0.1, -0.05) is 17.7 Å². The van der Waals surface area contributed by atoms with Gasteiger partial charge in [-0.25, -0.2) is 18.1 Å². The van der Waals surface area contributed by atoms with Gasteiger partial charge < -0.3 is 4.98 Å². The zero-order valence-corrected chi connectivity index (χ0v) is 12.3. The topological polar surface area (TPSA) is 74.8 Å². The minimum atomic E-state index is -3.50. The number of hydrogen-bond acceptors (Lipinski definition) is 3. The summed E-state index contributed by atoms with van der Waals surface area (Å²) in [6, 6.07) is 12.4. The van der Waals surface area contributed by atoms with E-state index in [9.17, 15) is 8.42 Å². The van der Waals surface area contributed by atoms with Crippen LogP contribution in [0.1, 0.15) is 11.3 Å². The lowest BCUT2D eigenvalue weighted by Gasteiger charge is -2.06. The Morgan fingerprint density at radius 1 is 1.19 bits per heavy atom. The molecule has 0 saturated carbocycles. The first-order valence-electron chi connectivity index (χ1n) is 6.53. The zero-order chi connectivity index (χ0) is 14.9. The summed E-state index contributed by atoms with van der Waals surface area (Å²) >= 11 is 0. The summed E-state index contributed by atoms with van der Waals surface area (Å²) in [5.74, 6) is 0. The number of sulfonamides is 1. The molecule has 0 atom stereocenters. The van der Waals surface area contributed by atoms with Crippen molar-refractivity contribution in [3.63, 3.8) is 0 Å². The highest BCUT2D eigenvalue weighted by molar-refractivity contribution is 7.89. The molecule has 0 spiro atoms. The van der Waals surface area contributed by atoms with Crippen LogP contribution < -0.4 is 4.72 Å². The first-order chi connectivity index (χ1) is 10.0. The predicted octanol–water partition coefficient (Wildman–Crippen LogP) is 2.35. The molecule has 1 aromatic carbocycles. The molecule has 0 saturated heterocycles. The van der Waals surface area contributed by atoms with Gasteiger partial charge in [0, 0.05) is 17.3 Å². The number of benzene rings is 1.